The van der Waals surface area contributed by atoms with Crippen molar-refractivity contribution in [2.75, 3.05) is 0 Å². The summed E-state index contributed by atoms with van der Waals surface area (Å²) in [6.07, 6.45) is 5.64. The third-order valence-electron chi connectivity index (χ3n) is 2.76. The predicted molar refractivity (Wildman–Crippen MR) is 79.9 cm³/mol. The molecule has 2 heterocycles. The van der Waals surface area contributed by atoms with E-state index in [1.54, 1.807) is 6.20 Å². The van der Waals surface area contributed by atoms with Crippen molar-refractivity contribution in [1.29, 1.82) is 0 Å². The summed E-state index contributed by atoms with van der Waals surface area (Å²) < 4.78 is 1.88. The van der Waals surface area contributed by atoms with Crippen molar-refractivity contribution >= 4 is 22.7 Å². The number of hydrogen-bond acceptors (Lipinski definition) is 3. The van der Waals surface area contributed by atoms with Gasteiger partial charge in [0.05, 0.1) is 17.4 Å². The monoisotopic (exact) mass is 269 g/mol. The lowest BCUT2D eigenvalue weighted by atomic mass is 10.3. The molecule has 0 spiro atoms. The highest BCUT2D eigenvalue weighted by molar-refractivity contribution is 7.99. The second kappa shape index (κ2) is 5.05. The smallest absolute Gasteiger partial charge is 0.0928 e. The van der Waals surface area contributed by atoms with Crippen LogP contribution in [0.15, 0.2) is 53.8 Å². The number of aromatic nitrogens is 3. The molecule has 0 aliphatic rings. The van der Waals surface area contributed by atoms with Gasteiger partial charge in [-0.25, -0.2) is 4.68 Å². The first-order valence-corrected chi connectivity index (χ1v) is 7.17. The van der Waals surface area contributed by atoms with Gasteiger partial charge in [0.15, 0.2) is 0 Å². The van der Waals surface area contributed by atoms with Gasteiger partial charge in [-0.1, -0.05) is 13.8 Å². The molecular formula is C15H15N3S. The third-order valence-corrected chi connectivity index (χ3v) is 3.76. The largest absolute Gasteiger partial charge is 0.262 e. The van der Waals surface area contributed by atoms with Crippen molar-refractivity contribution in [3.63, 3.8) is 0 Å². The van der Waals surface area contributed by atoms with Crippen LogP contribution in [0.5, 0.6) is 0 Å². The quantitative estimate of drug-likeness (QED) is 0.675. The predicted octanol–water partition coefficient (Wildman–Crippen LogP) is 3.92. The molecule has 1 aromatic carbocycles. The molecule has 0 aliphatic carbocycles. The molecule has 0 amide bonds. The molecule has 4 heteroatoms. The van der Waals surface area contributed by atoms with Crippen molar-refractivity contribution in [3.05, 3.63) is 48.9 Å². The van der Waals surface area contributed by atoms with Crippen LogP contribution in [0, 0.1) is 0 Å². The van der Waals surface area contributed by atoms with E-state index in [1.807, 2.05) is 34.8 Å². The minimum absolute atomic E-state index is 0.589. The first-order valence-electron chi connectivity index (χ1n) is 6.29. The first kappa shape index (κ1) is 12.2. The molecule has 0 saturated carbocycles. The Hall–Kier alpha value is -1.81. The number of hydrogen-bond donors (Lipinski definition) is 0. The molecule has 96 valence electrons. The van der Waals surface area contributed by atoms with Gasteiger partial charge >= 0.3 is 0 Å². The highest BCUT2D eigenvalue weighted by atomic mass is 32.2. The van der Waals surface area contributed by atoms with Crippen LogP contribution >= 0.6 is 11.8 Å². The molecule has 0 bridgehead atoms. The molecule has 3 nitrogen and oxygen atoms in total. The summed E-state index contributed by atoms with van der Waals surface area (Å²) in [7, 11) is 0. The molecule has 0 atom stereocenters. The van der Waals surface area contributed by atoms with Gasteiger partial charge in [-0.3, -0.25) is 4.98 Å². The Labute approximate surface area is 116 Å². The fourth-order valence-corrected chi connectivity index (χ4v) is 2.86. The van der Waals surface area contributed by atoms with Crippen LogP contribution in [-0.4, -0.2) is 20.0 Å². The molecule has 2 aromatic heterocycles. The van der Waals surface area contributed by atoms with E-state index in [0.717, 1.165) is 16.6 Å². The minimum Gasteiger partial charge on any atom is -0.262 e. The van der Waals surface area contributed by atoms with Gasteiger partial charge in [0, 0.05) is 27.9 Å². The standard InChI is InChI=1S/C15H15N3S/c1-11(2)19-14-5-6-15-12(8-14)10-18(17-15)13-4-3-7-16-9-13/h3-11H,1-2H3. The van der Waals surface area contributed by atoms with E-state index in [9.17, 15) is 0 Å². The van der Waals surface area contributed by atoms with Gasteiger partial charge < -0.3 is 0 Å². The van der Waals surface area contributed by atoms with Crippen LogP contribution in [0.25, 0.3) is 16.6 Å². The maximum atomic E-state index is 4.57. The van der Waals surface area contributed by atoms with Crippen LogP contribution in [0.2, 0.25) is 0 Å². The lowest BCUT2D eigenvalue weighted by Gasteiger charge is -2.03. The van der Waals surface area contributed by atoms with Crippen molar-refractivity contribution in [1.82, 2.24) is 14.8 Å². The third kappa shape index (κ3) is 2.63. The summed E-state index contributed by atoms with van der Waals surface area (Å²) in [6.45, 7) is 4.40. The summed E-state index contributed by atoms with van der Waals surface area (Å²) in [5.41, 5.74) is 1.99. The Morgan fingerprint density at radius 1 is 1.21 bits per heavy atom. The molecule has 0 N–H and O–H groups in total. The Morgan fingerprint density at radius 2 is 2.11 bits per heavy atom. The van der Waals surface area contributed by atoms with E-state index in [4.69, 9.17) is 0 Å². The molecule has 3 rings (SSSR count). The second-order valence-corrected chi connectivity index (χ2v) is 6.32. The van der Waals surface area contributed by atoms with Gasteiger partial charge in [-0.15, -0.1) is 11.8 Å². The van der Waals surface area contributed by atoms with Crippen LogP contribution in [-0.2, 0) is 0 Å². The van der Waals surface area contributed by atoms with Gasteiger partial charge in [0.25, 0.3) is 0 Å². The Balaban J connectivity index is 2.01. The van der Waals surface area contributed by atoms with Gasteiger partial charge in [0.1, 0.15) is 0 Å². The summed E-state index contributed by atoms with van der Waals surface area (Å²) in [4.78, 5) is 5.41. The van der Waals surface area contributed by atoms with Crippen LogP contribution in [0.4, 0.5) is 0 Å². The van der Waals surface area contributed by atoms with Crippen molar-refractivity contribution in [2.24, 2.45) is 0 Å². The SMILES string of the molecule is CC(C)Sc1ccc2nn(-c3cccnc3)cc2c1. The normalized spacial score (nSPS) is 11.3. The summed E-state index contributed by atoms with van der Waals surface area (Å²) >= 11 is 1.87. The number of benzene rings is 1. The Bertz CT molecular complexity index is 689. The van der Waals surface area contributed by atoms with Crippen LogP contribution in [0.1, 0.15) is 13.8 Å². The highest BCUT2D eigenvalue weighted by Gasteiger charge is 2.05. The molecule has 19 heavy (non-hydrogen) atoms. The lowest BCUT2D eigenvalue weighted by Crippen LogP contribution is -1.93. The van der Waals surface area contributed by atoms with Gasteiger partial charge in [-0.05, 0) is 30.3 Å². The molecule has 0 fully saturated rings. The molecule has 0 saturated heterocycles. The van der Waals surface area contributed by atoms with Gasteiger partial charge in [0.2, 0.25) is 0 Å². The minimum atomic E-state index is 0.589. The Morgan fingerprint density at radius 3 is 2.84 bits per heavy atom. The Kier molecular flexibility index (Phi) is 3.25. The average molecular weight is 269 g/mol. The summed E-state index contributed by atoms with van der Waals surface area (Å²) in [5.74, 6) is 0. The first-order chi connectivity index (χ1) is 9.22. The molecule has 0 radical (unpaired) electrons. The van der Waals surface area contributed by atoms with E-state index in [-0.39, 0.29) is 0 Å². The van der Waals surface area contributed by atoms with Crippen molar-refractivity contribution in [3.8, 4) is 5.69 Å². The molecule has 0 unspecified atom stereocenters. The number of fused-ring (bicyclic) bond motifs is 1. The fraction of sp³-hybridized carbons (Fsp3) is 0.200. The van der Waals surface area contributed by atoms with Gasteiger partial charge in [-0.2, -0.15) is 5.10 Å². The van der Waals surface area contributed by atoms with Crippen LogP contribution in [0.3, 0.4) is 0 Å². The van der Waals surface area contributed by atoms with E-state index >= 15 is 0 Å². The zero-order valence-corrected chi connectivity index (χ0v) is 11.8. The number of rotatable bonds is 3. The average Bonchev–Trinajstić information content (AvgIpc) is 2.82. The van der Waals surface area contributed by atoms with E-state index in [2.05, 4.69) is 48.3 Å². The van der Waals surface area contributed by atoms with E-state index in [1.165, 1.54) is 4.90 Å². The van der Waals surface area contributed by atoms with Crippen molar-refractivity contribution in [2.45, 2.75) is 24.0 Å². The van der Waals surface area contributed by atoms with E-state index in [0.29, 0.717) is 5.25 Å². The van der Waals surface area contributed by atoms with Crippen molar-refractivity contribution < 1.29 is 0 Å². The maximum absolute atomic E-state index is 4.57. The fourth-order valence-electron chi connectivity index (χ4n) is 1.97. The van der Waals surface area contributed by atoms with E-state index < -0.39 is 0 Å². The topological polar surface area (TPSA) is 30.7 Å². The molecule has 0 aliphatic heterocycles. The molecule has 3 aromatic rings. The maximum Gasteiger partial charge on any atom is 0.0928 e. The second-order valence-electron chi connectivity index (χ2n) is 4.67. The highest BCUT2D eigenvalue weighted by Crippen LogP contribution is 2.26. The lowest BCUT2D eigenvalue weighted by molar-refractivity contribution is 0.889. The number of pyridine rings is 1. The zero-order valence-electron chi connectivity index (χ0n) is 10.9. The number of nitrogens with zero attached hydrogens (tertiary/aromatic N) is 3. The summed E-state index contributed by atoms with van der Waals surface area (Å²) in [5, 5.41) is 6.32. The van der Waals surface area contributed by atoms with Crippen LogP contribution < -0.4 is 0 Å². The zero-order chi connectivity index (χ0) is 13.2. The summed E-state index contributed by atoms with van der Waals surface area (Å²) in [6, 6.07) is 10.3. The molecular weight excluding hydrogens is 254 g/mol. The number of thioether (sulfide) groups is 1.